The van der Waals surface area contributed by atoms with Crippen LogP contribution in [0.1, 0.15) is 13.8 Å². The minimum Gasteiger partial charge on any atom is -0.330 e. The summed E-state index contributed by atoms with van der Waals surface area (Å²) in [5.74, 6) is -0.0797. The summed E-state index contributed by atoms with van der Waals surface area (Å²) < 4.78 is 22.5. The van der Waals surface area contributed by atoms with Gasteiger partial charge in [0.1, 0.15) is 5.25 Å². The minimum absolute atomic E-state index is 0.00176. The summed E-state index contributed by atoms with van der Waals surface area (Å²) in [5.41, 5.74) is 5.27. The van der Waals surface area contributed by atoms with Gasteiger partial charge in [-0.15, -0.1) is 0 Å². The van der Waals surface area contributed by atoms with Gasteiger partial charge in [-0.3, -0.25) is 0 Å². The standard InChI is InChI=1S/C7H14N2O2S/c1-6(3-8)5-12(10,11)7(2)4-9/h6-7H,3,5,8H2,1-2H3. The number of hydrogen-bond acceptors (Lipinski definition) is 4. The van der Waals surface area contributed by atoms with Gasteiger partial charge in [0.05, 0.1) is 11.8 Å². The van der Waals surface area contributed by atoms with Gasteiger partial charge in [0.15, 0.2) is 9.84 Å². The predicted molar refractivity (Wildman–Crippen MR) is 47.1 cm³/mol. The van der Waals surface area contributed by atoms with Crippen molar-refractivity contribution in [3.8, 4) is 6.07 Å². The van der Waals surface area contributed by atoms with E-state index in [1.165, 1.54) is 6.92 Å². The average Bonchev–Trinajstić information content (AvgIpc) is 2.02. The van der Waals surface area contributed by atoms with E-state index in [-0.39, 0.29) is 11.7 Å². The smallest absolute Gasteiger partial charge is 0.166 e. The molecule has 12 heavy (non-hydrogen) atoms. The first kappa shape index (κ1) is 11.4. The number of nitriles is 1. The van der Waals surface area contributed by atoms with Crippen molar-refractivity contribution in [1.82, 2.24) is 0 Å². The van der Waals surface area contributed by atoms with Gasteiger partial charge >= 0.3 is 0 Å². The van der Waals surface area contributed by atoms with Crippen LogP contribution in [0.25, 0.3) is 0 Å². The van der Waals surface area contributed by atoms with Gasteiger partial charge in [-0.2, -0.15) is 5.26 Å². The monoisotopic (exact) mass is 190 g/mol. The molecule has 2 atom stereocenters. The van der Waals surface area contributed by atoms with Gasteiger partial charge in [0.2, 0.25) is 0 Å². The number of hydrogen-bond donors (Lipinski definition) is 1. The molecule has 0 heterocycles. The predicted octanol–water partition coefficient (Wildman–Crippen LogP) is -0.0919. The SMILES string of the molecule is CC(CN)CS(=O)(=O)C(C)C#N. The molecule has 0 saturated carbocycles. The Morgan fingerprint density at radius 3 is 2.33 bits per heavy atom. The molecule has 2 unspecified atom stereocenters. The zero-order valence-corrected chi connectivity index (χ0v) is 8.13. The highest BCUT2D eigenvalue weighted by molar-refractivity contribution is 7.92. The normalized spacial score (nSPS) is 16.5. The van der Waals surface area contributed by atoms with Gasteiger partial charge in [0.25, 0.3) is 0 Å². The second kappa shape index (κ2) is 4.43. The lowest BCUT2D eigenvalue weighted by Gasteiger charge is -2.09. The van der Waals surface area contributed by atoms with Gasteiger partial charge in [-0.25, -0.2) is 8.42 Å². The molecule has 0 amide bonds. The van der Waals surface area contributed by atoms with Crippen LogP contribution in [0.3, 0.4) is 0 Å². The van der Waals surface area contributed by atoms with Crippen LogP contribution in [-0.4, -0.2) is 26.0 Å². The number of nitrogens with two attached hydrogens (primary N) is 1. The molecular formula is C7H14N2O2S. The lowest BCUT2D eigenvalue weighted by molar-refractivity contribution is 0.570. The third-order valence-electron chi connectivity index (χ3n) is 1.64. The van der Waals surface area contributed by atoms with Gasteiger partial charge in [-0.1, -0.05) is 6.92 Å². The van der Waals surface area contributed by atoms with Crippen LogP contribution in [0, 0.1) is 17.2 Å². The Morgan fingerprint density at radius 2 is 2.00 bits per heavy atom. The average molecular weight is 190 g/mol. The fourth-order valence-corrected chi connectivity index (χ4v) is 2.07. The Labute approximate surface area is 73.3 Å². The van der Waals surface area contributed by atoms with Gasteiger partial charge in [0, 0.05) is 0 Å². The van der Waals surface area contributed by atoms with E-state index in [0.29, 0.717) is 6.54 Å². The van der Waals surface area contributed by atoms with Crippen molar-refractivity contribution < 1.29 is 8.42 Å². The third kappa shape index (κ3) is 3.20. The van der Waals surface area contributed by atoms with E-state index < -0.39 is 15.1 Å². The zero-order valence-electron chi connectivity index (χ0n) is 7.32. The molecule has 0 aromatic rings. The van der Waals surface area contributed by atoms with Crippen LogP contribution in [0.15, 0.2) is 0 Å². The van der Waals surface area contributed by atoms with Gasteiger partial charge < -0.3 is 5.73 Å². The van der Waals surface area contributed by atoms with Crippen molar-refractivity contribution in [2.75, 3.05) is 12.3 Å². The van der Waals surface area contributed by atoms with E-state index in [2.05, 4.69) is 0 Å². The molecular weight excluding hydrogens is 176 g/mol. The van der Waals surface area contributed by atoms with Crippen molar-refractivity contribution in [1.29, 1.82) is 5.26 Å². The maximum absolute atomic E-state index is 11.3. The summed E-state index contributed by atoms with van der Waals surface area (Å²) in [5, 5.41) is 7.47. The summed E-state index contributed by atoms with van der Waals surface area (Å²) in [6.07, 6.45) is 0. The lowest BCUT2D eigenvalue weighted by atomic mass is 10.2. The quantitative estimate of drug-likeness (QED) is 0.671. The van der Waals surface area contributed by atoms with Gasteiger partial charge in [-0.05, 0) is 19.4 Å². The molecule has 0 aliphatic rings. The highest BCUT2D eigenvalue weighted by Crippen LogP contribution is 2.05. The summed E-state index contributed by atoms with van der Waals surface area (Å²) in [6.45, 7) is 3.47. The number of rotatable bonds is 4. The lowest BCUT2D eigenvalue weighted by Crippen LogP contribution is -2.26. The molecule has 0 aromatic carbocycles. The fraction of sp³-hybridized carbons (Fsp3) is 0.857. The van der Waals surface area contributed by atoms with E-state index in [1.807, 2.05) is 0 Å². The third-order valence-corrected chi connectivity index (χ3v) is 3.86. The van der Waals surface area contributed by atoms with Crippen LogP contribution >= 0.6 is 0 Å². The summed E-state index contributed by atoms with van der Waals surface area (Å²) in [4.78, 5) is 0. The number of nitrogens with zero attached hydrogens (tertiary/aromatic N) is 1. The van der Waals surface area contributed by atoms with Crippen molar-refractivity contribution >= 4 is 9.84 Å². The largest absolute Gasteiger partial charge is 0.330 e. The molecule has 0 spiro atoms. The topological polar surface area (TPSA) is 84.0 Å². The molecule has 0 aromatic heterocycles. The van der Waals surface area contributed by atoms with E-state index >= 15 is 0 Å². The Balaban J connectivity index is 4.36. The van der Waals surface area contributed by atoms with Crippen molar-refractivity contribution in [2.24, 2.45) is 11.7 Å². The molecule has 70 valence electrons. The first-order valence-electron chi connectivity index (χ1n) is 3.75. The van der Waals surface area contributed by atoms with E-state index in [4.69, 9.17) is 11.0 Å². The zero-order chi connectivity index (χ0) is 9.78. The minimum atomic E-state index is -3.26. The van der Waals surface area contributed by atoms with Crippen molar-refractivity contribution in [3.05, 3.63) is 0 Å². The van der Waals surface area contributed by atoms with E-state index in [9.17, 15) is 8.42 Å². The van der Waals surface area contributed by atoms with Crippen LogP contribution in [0.4, 0.5) is 0 Å². The molecule has 0 bridgehead atoms. The Kier molecular flexibility index (Phi) is 4.21. The van der Waals surface area contributed by atoms with Crippen LogP contribution in [0.2, 0.25) is 0 Å². The second-order valence-corrected chi connectivity index (χ2v) is 5.31. The molecule has 0 fully saturated rings. The first-order chi connectivity index (χ1) is 5.44. The van der Waals surface area contributed by atoms with Crippen LogP contribution < -0.4 is 5.73 Å². The summed E-state index contributed by atoms with van der Waals surface area (Å²) >= 11 is 0. The van der Waals surface area contributed by atoms with Crippen LogP contribution in [-0.2, 0) is 9.84 Å². The molecule has 4 nitrogen and oxygen atoms in total. The molecule has 0 saturated heterocycles. The Morgan fingerprint density at radius 1 is 1.50 bits per heavy atom. The highest BCUT2D eigenvalue weighted by Gasteiger charge is 2.22. The molecule has 0 aliphatic carbocycles. The maximum atomic E-state index is 11.3. The summed E-state index contributed by atoms with van der Waals surface area (Å²) in [6, 6.07) is 1.71. The highest BCUT2D eigenvalue weighted by atomic mass is 32.2. The van der Waals surface area contributed by atoms with E-state index in [0.717, 1.165) is 0 Å². The van der Waals surface area contributed by atoms with Crippen molar-refractivity contribution in [3.63, 3.8) is 0 Å². The van der Waals surface area contributed by atoms with Crippen LogP contribution in [0.5, 0.6) is 0 Å². The molecule has 0 radical (unpaired) electrons. The molecule has 0 rings (SSSR count). The molecule has 2 N–H and O–H groups in total. The summed E-state index contributed by atoms with van der Waals surface area (Å²) in [7, 11) is -3.26. The van der Waals surface area contributed by atoms with E-state index in [1.54, 1.807) is 13.0 Å². The first-order valence-corrected chi connectivity index (χ1v) is 5.46. The molecule has 5 heteroatoms. The molecule has 0 aliphatic heterocycles. The fourth-order valence-electron chi connectivity index (χ4n) is 0.689. The maximum Gasteiger partial charge on any atom is 0.166 e. The van der Waals surface area contributed by atoms with Crippen molar-refractivity contribution in [2.45, 2.75) is 19.1 Å². The Hall–Kier alpha value is -0.600. The second-order valence-electron chi connectivity index (χ2n) is 2.94. The number of sulfone groups is 1. The Bertz CT molecular complexity index is 266.